The molecule has 0 spiro atoms. The molecule has 0 unspecified atom stereocenters. The lowest BCUT2D eigenvalue weighted by Gasteiger charge is -2.17. The van der Waals surface area contributed by atoms with Gasteiger partial charge in [0.05, 0.1) is 29.4 Å². The highest BCUT2D eigenvalue weighted by molar-refractivity contribution is 6.30. The summed E-state index contributed by atoms with van der Waals surface area (Å²) in [4.78, 5) is 13.2. The molecule has 2 aromatic carbocycles. The Morgan fingerprint density at radius 1 is 1.19 bits per heavy atom. The Kier molecular flexibility index (Phi) is 5.77. The van der Waals surface area contributed by atoms with Gasteiger partial charge in [-0.3, -0.25) is 4.79 Å². The van der Waals surface area contributed by atoms with Crippen LogP contribution in [-0.2, 0) is 13.0 Å². The smallest absolute Gasteiger partial charge is 0.255 e. The molecular formula is C25H22ClN3O3. The maximum Gasteiger partial charge on any atom is 0.255 e. The first-order valence-corrected chi connectivity index (χ1v) is 10.6. The van der Waals surface area contributed by atoms with Crippen LogP contribution in [0.2, 0.25) is 5.02 Å². The molecule has 0 aliphatic rings. The fourth-order valence-corrected chi connectivity index (χ4v) is 4.23. The number of aryl methyl sites for hydroxylation is 4. The third-order valence-electron chi connectivity index (χ3n) is 5.77. The third-order valence-corrected chi connectivity index (χ3v) is 6.02. The quantitative estimate of drug-likeness (QED) is 0.411. The number of nitrogens with zero attached hydrogens (tertiary/aromatic N) is 3. The molecule has 0 radical (unpaired) electrons. The molecule has 2 aromatic heterocycles. The molecule has 0 saturated heterocycles. The number of hydrogen-bond donors (Lipinski definition) is 0. The summed E-state index contributed by atoms with van der Waals surface area (Å²) in [6.45, 7) is 5.84. The molecule has 2 heterocycles. The van der Waals surface area contributed by atoms with E-state index in [1.54, 1.807) is 18.6 Å². The van der Waals surface area contributed by atoms with E-state index in [0.717, 1.165) is 22.4 Å². The van der Waals surface area contributed by atoms with E-state index in [9.17, 15) is 10.1 Å². The van der Waals surface area contributed by atoms with E-state index in [1.807, 2.05) is 50.2 Å². The van der Waals surface area contributed by atoms with Gasteiger partial charge in [0.25, 0.3) is 5.56 Å². The van der Waals surface area contributed by atoms with Crippen LogP contribution in [0.15, 0.2) is 45.7 Å². The summed E-state index contributed by atoms with van der Waals surface area (Å²) >= 11 is 5.99. The third kappa shape index (κ3) is 3.65. The Labute approximate surface area is 190 Å². The van der Waals surface area contributed by atoms with Crippen LogP contribution in [0.25, 0.3) is 22.0 Å². The largest absolute Gasteiger partial charge is 0.496 e. The van der Waals surface area contributed by atoms with Crippen molar-refractivity contribution in [3.05, 3.63) is 79.9 Å². The first kappa shape index (κ1) is 21.7. The number of fused-ring (bicyclic) bond motifs is 1. The molecule has 0 N–H and O–H groups in total. The van der Waals surface area contributed by atoms with E-state index >= 15 is 0 Å². The normalized spacial score (nSPS) is 11.0. The summed E-state index contributed by atoms with van der Waals surface area (Å²) in [7, 11) is 1.58. The monoisotopic (exact) mass is 447 g/mol. The van der Waals surface area contributed by atoms with Crippen LogP contribution >= 0.6 is 11.6 Å². The van der Waals surface area contributed by atoms with Gasteiger partial charge in [0, 0.05) is 34.1 Å². The number of nitriles is 1. The lowest BCUT2D eigenvalue weighted by Crippen LogP contribution is -2.25. The van der Waals surface area contributed by atoms with Gasteiger partial charge in [-0.05, 0) is 51.0 Å². The maximum atomic E-state index is 13.2. The van der Waals surface area contributed by atoms with E-state index in [-0.39, 0.29) is 5.56 Å². The average Bonchev–Trinajstić information content (AvgIpc) is 3.12. The van der Waals surface area contributed by atoms with Gasteiger partial charge in [-0.1, -0.05) is 28.9 Å². The van der Waals surface area contributed by atoms with Crippen LogP contribution in [0.3, 0.4) is 0 Å². The summed E-state index contributed by atoms with van der Waals surface area (Å²) in [5.41, 5.74) is 4.64. The predicted octanol–water partition coefficient (Wildman–Crippen LogP) is 5.36. The molecule has 6 nitrogen and oxygen atoms in total. The van der Waals surface area contributed by atoms with Crippen molar-refractivity contribution in [2.24, 2.45) is 0 Å². The SMILES string of the molecule is COc1cc2c(cc1-c1c(C)noc1C)c(C#N)c(C)c(=O)n2CCc1ccc(Cl)cc1. The van der Waals surface area contributed by atoms with Crippen LogP contribution in [0.1, 0.15) is 28.1 Å². The van der Waals surface area contributed by atoms with E-state index in [2.05, 4.69) is 11.2 Å². The summed E-state index contributed by atoms with van der Waals surface area (Å²) in [5, 5.41) is 15.3. The number of pyridine rings is 1. The van der Waals surface area contributed by atoms with Gasteiger partial charge in [0.15, 0.2) is 0 Å². The van der Waals surface area contributed by atoms with E-state index < -0.39 is 0 Å². The van der Waals surface area contributed by atoms with Crippen LogP contribution < -0.4 is 10.3 Å². The van der Waals surface area contributed by atoms with Gasteiger partial charge < -0.3 is 13.8 Å². The lowest BCUT2D eigenvalue weighted by atomic mass is 9.97. The van der Waals surface area contributed by atoms with Crippen molar-refractivity contribution in [2.45, 2.75) is 33.7 Å². The van der Waals surface area contributed by atoms with Crippen molar-refractivity contribution >= 4 is 22.5 Å². The highest BCUT2D eigenvalue weighted by Gasteiger charge is 2.21. The summed E-state index contributed by atoms with van der Waals surface area (Å²) < 4.78 is 12.7. The number of benzene rings is 2. The van der Waals surface area contributed by atoms with Gasteiger partial charge in [0.2, 0.25) is 0 Å². The number of aromatic nitrogens is 2. The van der Waals surface area contributed by atoms with E-state index in [1.165, 1.54) is 0 Å². The molecule has 0 aliphatic heterocycles. The first-order chi connectivity index (χ1) is 15.3. The van der Waals surface area contributed by atoms with Crippen molar-refractivity contribution in [1.29, 1.82) is 5.26 Å². The van der Waals surface area contributed by atoms with Crippen molar-refractivity contribution in [3.63, 3.8) is 0 Å². The molecule has 162 valence electrons. The van der Waals surface area contributed by atoms with Gasteiger partial charge >= 0.3 is 0 Å². The Bertz CT molecular complexity index is 1410. The molecule has 0 aliphatic carbocycles. The first-order valence-electron chi connectivity index (χ1n) is 10.2. The minimum absolute atomic E-state index is 0.185. The molecule has 0 saturated carbocycles. The number of hydrogen-bond acceptors (Lipinski definition) is 5. The molecular weight excluding hydrogens is 426 g/mol. The van der Waals surface area contributed by atoms with Crippen molar-refractivity contribution in [3.8, 4) is 22.9 Å². The second kappa shape index (κ2) is 8.52. The average molecular weight is 448 g/mol. The summed E-state index contributed by atoms with van der Waals surface area (Å²) in [6.07, 6.45) is 0.644. The molecule has 0 fully saturated rings. The number of halogens is 1. The fraction of sp³-hybridized carbons (Fsp3) is 0.240. The van der Waals surface area contributed by atoms with Crippen LogP contribution in [0.5, 0.6) is 5.75 Å². The Balaban J connectivity index is 1.95. The zero-order valence-electron chi connectivity index (χ0n) is 18.3. The molecule has 0 bridgehead atoms. The number of methoxy groups -OCH3 is 1. The van der Waals surface area contributed by atoms with Crippen molar-refractivity contribution in [2.75, 3.05) is 7.11 Å². The lowest BCUT2D eigenvalue weighted by molar-refractivity contribution is 0.393. The number of ether oxygens (including phenoxy) is 1. The van der Waals surface area contributed by atoms with Crippen LogP contribution in [0.4, 0.5) is 0 Å². The van der Waals surface area contributed by atoms with E-state index in [0.29, 0.717) is 51.5 Å². The van der Waals surface area contributed by atoms with Crippen molar-refractivity contribution in [1.82, 2.24) is 9.72 Å². The molecule has 4 aromatic rings. The number of rotatable bonds is 5. The Hall–Kier alpha value is -3.56. The van der Waals surface area contributed by atoms with Crippen molar-refractivity contribution < 1.29 is 9.26 Å². The summed E-state index contributed by atoms with van der Waals surface area (Å²) in [6, 6.07) is 13.5. The predicted molar refractivity (Wildman–Crippen MR) is 124 cm³/mol. The molecule has 0 amide bonds. The van der Waals surface area contributed by atoms with Gasteiger partial charge in [-0.2, -0.15) is 5.26 Å². The standard InChI is InChI=1S/C25H22ClN3O3/c1-14-21(13-27)19-11-20(24-15(2)28-32-16(24)3)23(31-4)12-22(19)29(25(14)30)10-9-17-5-7-18(26)8-6-17/h5-8,11-12H,9-10H2,1-4H3. The second-order valence-corrected chi connectivity index (χ2v) is 8.15. The molecule has 0 atom stereocenters. The summed E-state index contributed by atoms with van der Waals surface area (Å²) in [5.74, 6) is 1.24. The van der Waals surface area contributed by atoms with Crippen LogP contribution in [-0.4, -0.2) is 16.8 Å². The highest BCUT2D eigenvalue weighted by atomic mass is 35.5. The molecule has 7 heteroatoms. The fourth-order valence-electron chi connectivity index (χ4n) is 4.10. The molecule has 32 heavy (non-hydrogen) atoms. The second-order valence-electron chi connectivity index (χ2n) is 7.71. The van der Waals surface area contributed by atoms with Gasteiger partial charge in [-0.15, -0.1) is 0 Å². The van der Waals surface area contributed by atoms with E-state index in [4.69, 9.17) is 20.9 Å². The zero-order chi connectivity index (χ0) is 23.0. The maximum absolute atomic E-state index is 13.2. The minimum atomic E-state index is -0.185. The van der Waals surface area contributed by atoms with Gasteiger partial charge in [0.1, 0.15) is 17.6 Å². The Morgan fingerprint density at radius 2 is 1.91 bits per heavy atom. The van der Waals surface area contributed by atoms with Gasteiger partial charge in [-0.25, -0.2) is 0 Å². The van der Waals surface area contributed by atoms with Crippen LogP contribution in [0, 0.1) is 32.1 Å². The topological polar surface area (TPSA) is 81.1 Å². The molecule has 4 rings (SSSR count). The Morgan fingerprint density at radius 3 is 2.50 bits per heavy atom. The zero-order valence-corrected chi connectivity index (χ0v) is 19.1. The highest BCUT2D eigenvalue weighted by Crippen LogP contribution is 2.38. The minimum Gasteiger partial charge on any atom is -0.496 e.